The molecule has 0 atom stereocenters. The summed E-state index contributed by atoms with van der Waals surface area (Å²) >= 11 is 0. The zero-order valence-corrected chi connectivity index (χ0v) is 16.1. The van der Waals surface area contributed by atoms with E-state index in [0.717, 1.165) is 16.7 Å². The van der Waals surface area contributed by atoms with Gasteiger partial charge in [-0.05, 0) is 51.1 Å². The summed E-state index contributed by atoms with van der Waals surface area (Å²) in [4.78, 5) is 27.8. The first-order chi connectivity index (χ1) is 13.5. The first-order valence-electron chi connectivity index (χ1n) is 9.19. The van der Waals surface area contributed by atoms with E-state index in [9.17, 15) is 9.59 Å². The summed E-state index contributed by atoms with van der Waals surface area (Å²) in [5.41, 5.74) is 2.27. The highest BCUT2D eigenvalue weighted by Crippen LogP contribution is 2.24. The molecule has 7 nitrogen and oxygen atoms in total. The number of hydrogen-bond donors (Lipinski definition) is 4. The molecule has 0 radical (unpaired) electrons. The molecule has 3 aromatic rings. The number of carbonyl (C=O) groups is 2. The summed E-state index contributed by atoms with van der Waals surface area (Å²) in [5.74, 6) is 0.446. The molecule has 0 aliphatic heterocycles. The molecule has 28 heavy (non-hydrogen) atoms. The second-order valence-electron chi connectivity index (χ2n) is 6.62. The minimum absolute atomic E-state index is 0.00896. The number of aromatic amines is 1. The minimum Gasteiger partial charge on any atom is -0.494 e. The van der Waals surface area contributed by atoms with Gasteiger partial charge in [0.25, 0.3) is 5.91 Å². The van der Waals surface area contributed by atoms with Gasteiger partial charge in [-0.2, -0.15) is 0 Å². The van der Waals surface area contributed by atoms with Crippen LogP contribution in [-0.4, -0.2) is 29.6 Å². The lowest BCUT2D eigenvalue weighted by molar-refractivity contribution is 0.102. The van der Waals surface area contributed by atoms with Crippen LogP contribution in [0.5, 0.6) is 5.75 Å². The number of carbonyl (C=O) groups excluding carboxylic acids is 2. The van der Waals surface area contributed by atoms with Gasteiger partial charge >= 0.3 is 6.03 Å². The van der Waals surface area contributed by atoms with E-state index in [1.54, 1.807) is 30.3 Å². The molecule has 0 spiro atoms. The maximum atomic E-state index is 12.7. The number of para-hydroxylation sites is 2. The number of aromatic nitrogens is 1. The van der Waals surface area contributed by atoms with Crippen LogP contribution in [-0.2, 0) is 0 Å². The molecule has 2 aromatic carbocycles. The fraction of sp³-hybridized carbons (Fsp3) is 0.238. The molecule has 0 saturated carbocycles. The molecule has 0 fully saturated rings. The van der Waals surface area contributed by atoms with Gasteiger partial charge in [-0.3, -0.25) is 4.79 Å². The number of benzene rings is 2. The Morgan fingerprint density at radius 1 is 1.04 bits per heavy atom. The number of anilines is 2. The average Bonchev–Trinajstić information content (AvgIpc) is 3.06. The van der Waals surface area contributed by atoms with Gasteiger partial charge in [-0.25, -0.2) is 4.79 Å². The van der Waals surface area contributed by atoms with Crippen molar-refractivity contribution in [2.45, 2.75) is 26.8 Å². The molecule has 3 rings (SSSR count). The quantitative estimate of drug-likeness (QED) is 0.512. The van der Waals surface area contributed by atoms with Crippen LogP contribution in [0.2, 0.25) is 0 Å². The van der Waals surface area contributed by atoms with E-state index in [4.69, 9.17) is 4.74 Å². The van der Waals surface area contributed by atoms with Crippen molar-refractivity contribution in [1.29, 1.82) is 0 Å². The van der Waals surface area contributed by atoms with Gasteiger partial charge in [0.1, 0.15) is 11.4 Å². The maximum Gasteiger partial charge on any atom is 0.319 e. The summed E-state index contributed by atoms with van der Waals surface area (Å²) in [6, 6.07) is 14.1. The molecule has 0 bridgehead atoms. The molecule has 0 unspecified atom stereocenters. The largest absolute Gasteiger partial charge is 0.494 e. The number of ether oxygens (including phenoxy) is 1. The van der Waals surface area contributed by atoms with Crippen molar-refractivity contribution in [3.05, 3.63) is 54.2 Å². The average molecular weight is 380 g/mol. The molecule has 146 valence electrons. The van der Waals surface area contributed by atoms with Gasteiger partial charge in [-0.1, -0.05) is 12.1 Å². The molecule has 1 aromatic heterocycles. The number of hydrogen-bond acceptors (Lipinski definition) is 3. The number of H-pyrrole nitrogens is 1. The van der Waals surface area contributed by atoms with E-state index in [-0.39, 0.29) is 18.0 Å². The van der Waals surface area contributed by atoms with Gasteiger partial charge in [0.2, 0.25) is 0 Å². The molecule has 7 heteroatoms. The SMILES string of the molecule is CCOc1ccc2cc(C(=O)Nc3ccccc3NC(=O)NC(C)C)[nH]c2c1. The normalized spacial score (nSPS) is 10.7. The van der Waals surface area contributed by atoms with Crippen molar-refractivity contribution in [3.63, 3.8) is 0 Å². The summed E-state index contributed by atoms with van der Waals surface area (Å²) in [6.07, 6.45) is 0. The maximum absolute atomic E-state index is 12.7. The summed E-state index contributed by atoms with van der Waals surface area (Å²) in [7, 11) is 0. The fourth-order valence-electron chi connectivity index (χ4n) is 2.80. The van der Waals surface area contributed by atoms with Gasteiger partial charge in [0, 0.05) is 23.0 Å². The lowest BCUT2D eigenvalue weighted by Gasteiger charge is -2.14. The molecular formula is C21H24N4O3. The van der Waals surface area contributed by atoms with Crippen LogP contribution in [0, 0.1) is 0 Å². The zero-order valence-electron chi connectivity index (χ0n) is 16.1. The smallest absolute Gasteiger partial charge is 0.319 e. The van der Waals surface area contributed by atoms with E-state index < -0.39 is 0 Å². The van der Waals surface area contributed by atoms with Gasteiger partial charge < -0.3 is 25.7 Å². The summed E-state index contributed by atoms with van der Waals surface area (Å²) in [5, 5.41) is 9.27. The topological polar surface area (TPSA) is 95.2 Å². The second-order valence-corrected chi connectivity index (χ2v) is 6.62. The Labute approximate surface area is 163 Å². The van der Waals surface area contributed by atoms with Gasteiger partial charge in [-0.15, -0.1) is 0 Å². The third-order valence-electron chi connectivity index (χ3n) is 3.99. The van der Waals surface area contributed by atoms with E-state index in [1.165, 1.54) is 0 Å². The minimum atomic E-state index is -0.328. The van der Waals surface area contributed by atoms with E-state index in [1.807, 2.05) is 39.0 Å². The van der Waals surface area contributed by atoms with Crippen LogP contribution < -0.4 is 20.7 Å². The molecule has 3 amide bonds. The molecule has 1 heterocycles. The van der Waals surface area contributed by atoms with Crippen LogP contribution in [0.15, 0.2) is 48.5 Å². The molecule has 4 N–H and O–H groups in total. The van der Waals surface area contributed by atoms with Gasteiger partial charge in [0.05, 0.1) is 18.0 Å². The summed E-state index contributed by atoms with van der Waals surface area (Å²) < 4.78 is 5.49. The van der Waals surface area contributed by atoms with Crippen LogP contribution in [0.25, 0.3) is 10.9 Å². The molecule has 0 aliphatic carbocycles. The highest BCUT2D eigenvalue weighted by molar-refractivity contribution is 6.08. The predicted molar refractivity (Wildman–Crippen MR) is 111 cm³/mol. The van der Waals surface area contributed by atoms with Crippen molar-refractivity contribution in [3.8, 4) is 5.75 Å². The number of amides is 3. The predicted octanol–water partition coefficient (Wildman–Crippen LogP) is 4.35. The molecular weight excluding hydrogens is 356 g/mol. The Hall–Kier alpha value is -3.48. The van der Waals surface area contributed by atoms with Crippen molar-refractivity contribution in [2.75, 3.05) is 17.2 Å². The van der Waals surface area contributed by atoms with Crippen LogP contribution in [0.4, 0.5) is 16.2 Å². The lowest BCUT2D eigenvalue weighted by Crippen LogP contribution is -2.34. The van der Waals surface area contributed by atoms with Crippen LogP contribution in [0.1, 0.15) is 31.3 Å². The van der Waals surface area contributed by atoms with Crippen molar-refractivity contribution in [1.82, 2.24) is 10.3 Å². The molecule has 0 saturated heterocycles. The first kappa shape index (κ1) is 19.3. The Morgan fingerprint density at radius 2 is 1.75 bits per heavy atom. The van der Waals surface area contributed by atoms with Crippen molar-refractivity contribution >= 4 is 34.2 Å². The highest BCUT2D eigenvalue weighted by Gasteiger charge is 2.13. The van der Waals surface area contributed by atoms with Crippen LogP contribution in [0.3, 0.4) is 0 Å². The Morgan fingerprint density at radius 3 is 2.43 bits per heavy atom. The number of urea groups is 1. The van der Waals surface area contributed by atoms with Gasteiger partial charge in [0.15, 0.2) is 0 Å². The second kappa shape index (κ2) is 8.47. The Balaban J connectivity index is 1.77. The number of rotatable bonds is 6. The Bertz CT molecular complexity index is 994. The standard InChI is InChI=1S/C21H24N4O3/c1-4-28-15-10-9-14-11-19(23-18(14)12-15)20(26)24-16-7-5-6-8-17(16)25-21(27)22-13(2)3/h5-13,23H,4H2,1-3H3,(H,24,26)(H2,22,25,27). The van der Waals surface area contributed by atoms with E-state index in [0.29, 0.717) is 23.7 Å². The lowest BCUT2D eigenvalue weighted by atomic mass is 10.2. The third-order valence-corrected chi connectivity index (χ3v) is 3.99. The summed E-state index contributed by atoms with van der Waals surface area (Å²) in [6.45, 7) is 6.25. The fourth-order valence-corrected chi connectivity index (χ4v) is 2.80. The first-order valence-corrected chi connectivity index (χ1v) is 9.19. The van der Waals surface area contributed by atoms with E-state index >= 15 is 0 Å². The monoisotopic (exact) mass is 380 g/mol. The highest BCUT2D eigenvalue weighted by atomic mass is 16.5. The number of nitrogens with one attached hydrogen (secondary N) is 4. The number of fused-ring (bicyclic) bond motifs is 1. The Kier molecular flexibility index (Phi) is 5.84. The van der Waals surface area contributed by atoms with Crippen LogP contribution >= 0.6 is 0 Å². The van der Waals surface area contributed by atoms with Crippen molar-refractivity contribution in [2.24, 2.45) is 0 Å². The zero-order chi connectivity index (χ0) is 20.1. The van der Waals surface area contributed by atoms with Crippen molar-refractivity contribution < 1.29 is 14.3 Å². The molecule has 0 aliphatic rings. The third kappa shape index (κ3) is 4.62. The van der Waals surface area contributed by atoms with E-state index in [2.05, 4.69) is 20.9 Å².